The molecule has 1 atom stereocenters. The first-order chi connectivity index (χ1) is 12.4. The lowest BCUT2D eigenvalue weighted by molar-refractivity contribution is -0.137. The molecule has 0 unspecified atom stereocenters. The second kappa shape index (κ2) is 9.01. The van der Waals surface area contributed by atoms with E-state index in [1.165, 1.54) is 6.07 Å². The van der Waals surface area contributed by atoms with Crippen LogP contribution in [0, 0.1) is 0 Å². The van der Waals surface area contributed by atoms with Gasteiger partial charge in [0.05, 0.1) is 5.56 Å². The fourth-order valence-electron chi connectivity index (χ4n) is 1.81. The molecule has 11 heteroatoms. The molecule has 0 aliphatic rings. The van der Waals surface area contributed by atoms with Crippen LogP contribution in [-0.2, 0) is 10.9 Å². The Morgan fingerprint density at radius 2 is 1.70 bits per heavy atom. The highest BCUT2D eigenvalue weighted by Gasteiger charge is 2.37. The van der Waals surface area contributed by atoms with Crippen molar-refractivity contribution in [2.45, 2.75) is 20.3 Å². The van der Waals surface area contributed by atoms with Crippen LogP contribution in [0.2, 0.25) is 5.02 Å². The molecule has 0 aliphatic carbocycles. The van der Waals surface area contributed by atoms with Crippen molar-refractivity contribution < 1.29 is 22.7 Å². The Hall–Kier alpha value is -0.990. The van der Waals surface area contributed by atoms with Gasteiger partial charge in [-0.25, -0.2) is 4.79 Å². The van der Waals surface area contributed by atoms with Gasteiger partial charge in [-0.1, -0.05) is 64.2 Å². The highest BCUT2D eigenvalue weighted by Crippen LogP contribution is 2.41. The third-order valence-electron chi connectivity index (χ3n) is 2.97. The molecule has 0 heterocycles. The zero-order valence-corrected chi connectivity index (χ0v) is 16.9. The number of ether oxygens (including phenoxy) is 1. The average Bonchev–Trinajstić information content (AvgIpc) is 2.55. The van der Waals surface area contributed by atoms with Crippen LogP contribution in [-0.4, -0.2) is 15.3 Å². The predicted octanol–water partition coefficient (Wildman–Crippen LogP) is 7.40. The highest BCUT2D eigenvalue weighted by molar-refractivity contribution is 8.00. The van der Waals surface area contributed by atoms with Crippen molar-refractivity contribution in [3.8, 4) is 0 Å². The first-order valence-corrected chi connectivity index (χ1v) is 9.48. The molecular formula is C16H10Cl4F3NO2S. The Kier molecular flexibility index (Phi) is 7.44. The van der Waals surface area contributed by atoms with Crippen molar-refractivity contribution >= 4 is 69.9 Å². The van der Waals surface area contributed by atoms with Gasteiger partial charge in [0.15, 0.2) is 0 Å². The van der Waals surface area contributed by atoms with Crippen LogP contribution in [0.3, 0.4) is 0 Å². The molecule has 0 saturated heterocycles. The van der Waals surface area contributed by atoms with E-state index in [9.17, 15) is 18.0 Å². The van der Waals surface area contributed by atoms with Crippen LogP contribution in [0.25, 0.3) is 0 Å². The monoisotopic (exact) mass is 477 g/mol. The third kappa shape index (κ3) is 7.16. The number of carbonyl (C=O) groups is 1. The minimum absolute atomic E-state index is 0.116. The van der Waals surface area contributed by atoms with Crippen molar-refractivity contribution in [1.82, 2.24) is 0 Å². The fourth-order valence-corrected chi connectivity index (χ4v) is 3.28. The summed E-state index contributed by atoms with van der Waals surface area (Å²) >= 11 is 24.3. The number of anilines is 1. The van der Waals surface area contributed by atoms with Crippen molar-refractivity contribution in [3.05, 3.63) is 59.1 Å². The fraction of sp³-hybridized carbons (Fsp3) is 0.188. The Morgan fingerprint density at radius 1 is 1.07 bits per heavy atom. The molecule has 0 bridgehead atoms. The molecule has 3 nitrogen and oxygen atoms in total. The maximum Gasteiger partial charge on any atom is 0.416 e. The van der Waals surface area contributed by atoms with Crippen LogP contribution in [0.5, 0.6) is 0 Å². The van der Waals surface area contributed by atoms with E-state index in [4.69, 9.17) is 51.1 Å². The number of hydrogen-bond donors (Lipinski definition) is 1. The topological polar surface area (TPSA) is 38.3 Å². The quantitative estimate of drug-likeness (QED) is 0.282. The van der Waals surface area contributed by atoms with Crippen LogP contribution in [0.1, 0.15) is 5.56 Å². The van der Waals surface area contributed by atoms with Gasteiger partial charge in [-0.15, -0.1) is 0 Å². The summed E-state index contributed by atoms with van der Waals surface area (Å²) in [6, 6.07) is 10.5. The lowest BCUT2D eigenvalue weighted by Crippen LogP contribution is -2.30. The smallest absolute Gasteiger partial charge is 0.416 e. The van der Waals surface area contributed by atoms with Gasteiger partial charge in [0.25, 0.3) is 0 Å². The molecule has 2 rings (SSSR count). The van der Waals surface area contributed by atoms with Crippen LogP contribution in [0.4, 0.5) is 23.7 Å². The molecule has 0 aliphatic heterocycles. The molecule has 0 radical (unpaired) electrons. The Morgan fingerprint density at radius 3 is 2.26 bits per heavy atom. The van der Waals surface area contributed by atoms with Gasteiger partial charge in [0.1, 0.15) is 0 Å². The molecule has 0 saturated carbocycles. The minimum atomic E-state index is -4.55. The van der Waals surface area contributed by atoms with E-state index >= 15 is 0 Å². The number of thioether (sulfide) groups is 1. The van der Waals surface area contributed by atoms with Crippen molar-refractivity contribution in [2.24, 2.45) is 0 Å². The van der Waals surface area contributed by atoms with Gasteiger partial charge in [-0.3, -0.25) is 5.32 Å². The lowest BCUT2D eigenvalue weighted by Gasteiger charge is -2.24. The summed E-state index contributed by atoms with van der Waals surface area (Å²) in [5, 5.41) is 2.67. The van der Waals surface area contributed by atoms with E-state index in [-0.39, 0.29) is 5.69 Å². The first-order valence-electron chi connectivity index (χ1n) is 7.09. The van der Waals surface area contributed by atoms with E-state index in [1.54, 1.807) is 24.3 Å². The zero-order valence-electron chi connectivity index (χ0n) is 13.1. The van der Waals surface area contributed by atoms with Gasteiger partial charge < -0.3 is 4.74 Å². The van der Waals surface area contributed by atoms with Gasteiger partial charge in [-0.2, -0.15) is 13.2 Å². The molecule has 27 heavy (non-hydrogen) atoms. The number of nitrogens with one attached hydrogen (secondary N) is 1. The maximum absolute atomic E-state index is 12.7. The summed E-state index contributed by atoms with van der Waals surface area (Å²) in [5.74, 6) is 0. The molecule has 2 aromatic rings. The van der Waals surface area contributed by atoms with Crippen LogP contribution >= 0.6 is 58.2 Å². The molecule has 1 amide bonds. The number of benzene rings is 2. The molecule has 2 aromatic carbocycles. The molecular weight excluding hydrogens is 469 g/mol. The van der Waals surface area contributed by atoms with E-state index < -0.39 is 27.1 Å². The van der Waals surface area contributed by atoms with E-state index in [0.717, 1.165) is 30.0 Å². The van der Waals surface area contributed by atoms with E-state index in [2.05, 4.69) is 5.32 Å². The van der Waals surface area contributed by atoms with E-state index in [1.807, 2.05) is 0 Å². The minimum Gasteiger partial charge on any atom is -0.430 e. The predicted molar refractivity (Wildman–Crippen MR) is 103 cm³/mol. The zero-order chi connectivity index (χ0) is 20.2. The molecule has 0 spiro atoms. The molecule has 0 aromatic heterocycles. The molecule has 0 fully saturated rings. The average molecular weight is 479 g/mol. The second-order valence-corrected chi connectivity index (χ2v) is 8.99. The summed E-state index contributed by atoms with van der Waals surface area (Å²) in [6.07, 6.45) is -5.63. The van der Waals surface area contributed by atoms with Gasteiger partial charge >= 0.3 is 12.3 Å². The van der Waals surface area contributed by atoms with Crippen molar-refractivity contribution in [2.75, 3.05) is 5.32 Å². The SMILES string of the molecule is O=C(Nc1cccc(C(F)(F)F)c1)O[C@@H](Sc1ccc(Cl)cc1)C(Cl)(Cl)Cl. The number of rotatable bonds is 4. The summed E-state index contributed by atoms with van der Waals surface area (Å²) in [7, 11) is 0. The summed E-state index contributed by atoms with van der Waals surface area (Å²) in [6.45, 7) is 0. The van der Waals surface area contributed by atoms with Crippen molar-refractivity contribution in [3.63, 3.8) is 0 Å². The largest absolute Gasteiger partial charge is 0.430 e. The van der Waals surface area contributed by atoms with Gasteiger partial charge in [-0.05, 0) is 42.5 Å². The standard InChI is InChI=1S/C16H10Cl4F3NO2S/c17-10-4-6-12(7-5-10)27-13(15(18,19)20)26-14(25)24-11-3-1-2-9(8-11)16(21,22)23/h1-8,13H,(H,24,25)/t13-/m0/s1. The number of amides is 1. The van der Waals surface area contributed by atoms with Gasteiger partial charge in [0, 0.05) is 15.6 Å². The maximum atomic E-state index is 12.7. The third-order valence-corrected chi connectivity index (χ3v) is 5.42. The second-order valence-electron chi connectivity index (χ2n) is 5.05. The number of carbonyl (C=O) groups excluding carboxylic acids is 1. The Bertz CT molecular complexity index is 797. The normalized spacial score (nSPS) is 13.1. The number of hydrogen-bond acceptors (Lipinski definition) is 3. The molecule has 1 N–H and O–H groups in total. The summed E-state index contributed by atoms with van der Waals surface area (Å²) in [4.78, 5) is 12.6. The van der Waals surface area contributed by atoms with Crippen molar-refractivity contribution in [1.29, 1.82) is 0 Å². The first kappa shape index (κ1) is 22.3. The lowest BCUT2D eigenvalue weighted by atomic mass is 10.2. The Labute approximate surface area is 177 Å². The van der Waals surface area contributed by atoms with Crippen LogP contribution in [0.15, 0.2) is 53.4 Å². The number of halogens is 7. The highest BCUT2D eigenvalue weighted by atomic mass is 35.6. The summed E-state index contributed by atoms with van der Waals surface area (Å²) < 4.78 is 41.3. The Balaban J connectivity index is 2.09. The number of alkyl halides is 6. The van der Waals surface area contributed by atoms with Crippen LogP contribution < -0.4 is 5.32 Å². The summed E-state index contributed by atoms with van der Waals surface area (Å²) in [5.41, 5.74) is -2.31. The van der Waals surface area contributed by atoms with E-state index in [0.29, 0.717) is 9.92 Å². The van der Waals surface area contributed by atoms with Gasteiger partial charge in [0.2, 0.25) is 9.23 Å². The molecule has 146 valence electrons.